The van der Waals surface area contributed by atoms with Crippen molar-refractivity contribution in [2.45, 2.75) is 44.0 Å². The number of rotatable bonds is 3. The summed E-state index contributed by atoms with van der Waals surface area (Å²) in [6.07, 6.45) is 3.33. The zero-order valence-corrected chi connectivity index (χ0v) is 20.3. The highest BCUT2D eigenvalue weighted by molar-refractivity contribution is 7.98. The number of aromatic nitrogens is 6. The second-order valence-electron chi connectivity index (χ2n) is 8.85. The van der Waals surface area contributed by atoms with Crippen LogP contribution in [0.15, 0.2) is 28.2 Å². The van der Waals surface area contributed by atoms with Crippen molar-refractivity contribution in [1.29, 1.82) is 0 Å². The maximum Gasteiger partial charge on any atom is 0.262 e. The second kappa shape index (κ2) is 7.53. The monoisotopic (exact) mass is 477 g/mol. The summed E-state index contributed by atoms with van der Waals surface area (Å²) in [6, 6.07) is 5.86. The third-order valence-corrected chi connectivity index (χ3v) is 8.43. The molecular formula is C23H23N7OS2. The molecule has 1 unspecified atom stereocenters. The molecule has 0 amide bonds. The standard InChI is InChI=1S/C23H23N7OS2/c1-11-5-7-15-14(8-11)21(31)29(3)23-28-27-17(30(15)23)10-32-22-25-19(24)18-13-6-4-12(2)9-16(13)33-20(18)26-22/h5,7-8,12H,4,6,9-10H2,1-3H3,(H2,24,25,26). The van der Waals surface area contributed by atoms with Crippen molar-refractivity contribution in [3.05, 3.63) is 50.4 Å². The van der Waals surface area contributed by atoms with Crippen LogP contribution < -0.4 is 11.3 Å². The molecule has 1 atom stereocenters. The number of nitrogen functional groups attached to an aromatic ring is 1. The van der Waals surface area contributed by atoms with Crippen molar-refractivity contribution in [2.75, 3.05) is 5.73 Å². The van der Waals surface area contributed by atoms with Gasteiger partial charge in [0.25, 0.3) is 5.56 Å². The highest BCUT2D eigenvalue weighted by atomic mass is 32.2. The van der Waals surface area contributed by atoms with Crippen LogP contribution in [0.2, 0.25) is 0 Å². The van der Waals surface area contributed by atoms with Crippen LogP contribution in [0.4, 0.5) is 5.82 Å². The van der Waals surface area contributed by atoms with Gasteiger partial charge >= 0.3 is 0 Å². The van der Waals surface area contributed by atoms with Gasteiger partial charge in [-0.2, -0.15) is 0 Å². The van der Waals surface area contributed by atoms with Crippen molar-refractivity contribution >= 4 is 55.8 Å². The Hall–Kier alpha value is -2.98. The van der Waals surface area contributed by atoms with Gasteiger partial charge in [-0.1, -0.05) is 30.3 Å². The van der Waals surface area contributed by atoms with Crippen LogP contribution in [0, 0.1) is 12.8 Å². The lowest BCUT2D eigenvalue weighted by Crippen LogP contribution is -2.20. The first kappa shape index (κ1) is 20.6. The van der Waals surface area contributed by atoms with Gasteiger partial charge in [0.05, 0.1) is 22.0 Å². The Balaban J connectivity index is 1.39. The minimum absolute atomic E-state index is 0.0784. The number of thiophene rings is 1. The molecule has 0 saturated carbocycles. The maximum absolute atomic E-state index is 12.8. The topological polar surface area (TPSA) is 104 Å². The number of thioether (sulfide) groups is 1. The van der Waals surface area contributed by atoms with E-state index in [1.807, 2.05) is 29.5 Å². The molecule has 6 rings (SSSR count). The number of anilines is 1. The normalized spacial score (nSPS) is 16.2. The van der Waals surface area contributed by atoms with E-state index in [0.717, 1.165) is 40.0 Å². The van der Waals surface area contributed by atoms with Gasteiger partial charge in [-0.25, -0.2) is 9.97 Å². The molecule has 4 heterocycles. The van der Waals surface area contributed by atoms with Gasteiger partial charge in [-0.15, -0.1) is 21.5 Å². The maximum atomic E-state index is 12.8. The summed E-state index contributed by atoms with van der Waals surface area (Å²) in [6.45, 7) is 4.28. The van der Waals surface area contributed by atoms with Crippen LogP contribution in [-0.4, -0.2) is 29.1 Å². The lowest BCUT2D eigenvalue weighted by molar-refractivity contribution is 0.509. The molecular weight excluding hydrogens is 454 g/mol. The molecule has 4 aromatic heterocycles. The van der Waals surface area contributed by atoms with Crippen molar-refractivity contribution in [2.24, 2.45) is 13.0 Å². The summed E-state index contributed by atoms with van der Waals surface area (Å²) in [4.78, 5) is 24.6. The van der Waals surface area contributed by atoms with E-state index in [4.69, 9.17) is 10.7 Å². The number of nitrogens with zero attached hydrogens (tertiary/aromatic N) is 6. The average molecular weight is 478 g/mol. The summed E-state index contributed by atoms with van der Waals surface area (Å²) >= 11 is 3.23. The van der Waals surface area contributed by atoms with Gasteiger partial charge in [0.15, 0.2) is 5.16 Å². The first-order valence-corrected chi connectivity index (χ1v) is 12.7. The highest BCUT2D eigenvalue weighted by Crippen LogP contribution is 2.40. The molecule has 2 N–H and O–H groups in total. The van der Waals surface area contributed by atoms with Crippen LogP contribution in [0.25, 0.3) is 26.9 Å². The van der Waals surface area contributed by atoms with E-state index in [2.05, 4.69) is 22.1 Å². The number of aryl methyl sites for hydroxylation is 3. The Kier molecular flexibility index (Phi) is 4.70. The molecule has 5 aromatic rings. The number of hydrogen-bond acceptors (Lipinski definition) is 8. The summed E-state index contributed by atoms with van der Waals surface area (Å²) in [7, 11) is 1.72. The van der Waals surface area contributed by atoms with Crippen molar-refractivity contribution < 1.29 is 0 Å². The third-order valence-electron chi connectivity index (χ3n) is 6.43. The molecule has 10 heteroatoms. The van der Waals surface area contributed by atoms with Gasteiger partial charge < -0.3 is 5.73 Å². The summed E-state index contributed by atoms with van der Waals surface area (Å²) in [5.74, 6) is 3.02. The Labute approximate surface area is 197 Å². The molecule has 1 aromatic carbocycles. The van der Waals surface area contributed by atoms with E-state index in [9.17, 15) is 4.79 Å². The number of fused-ring (bicyclic) bond motifs is 6. The number of nitrogens with two attached hydrogens (primary N) is 1. The van der Waals surface area contributed by atoms with E-state index < -0.39 is 0 Å². The van der Waals surface area contributed by atoms with E-state index in [1.165, 1.54) is 28.6 Å². The van der Waals surface area contributed by atoms with E-state index in [1.54, 1.807) is 23.0 Å². The van der Waals surface area contributed by atoms with Crippen LogP contribution in [-0.2, 0) is 25.6 Å². The summed E-state index contributed by atoms with van der Waals surface area (Å²) < 4.78 is 3.48. The van der Waals surface area contributed by atoms with E-state index in [-0.39, 0.29) is 5.56 Å². The Morgan fingerprint density at radius 2 is 2.12 bits per heavy atom. The molecule has 1 aliphatic rings. The first-order valence-electron chi connectivity index (χ1n) is 10.9. The van der Waals surface area contributed by atoms with Gasteiger partial charge in [-0.05, 0) is 49.8 Å². The zero-order chi connectivity index (χ0) is 22.9. The molecule has 0 aliphatic heterocycles. The second-order valence-corrected chi connectivity index (χ2v) is 10.9. The Morgan fingerprint density at radius 3 is 2.97 bits per heavy atom. The SMILES string of the molecule is Cc1ccc2c(c1)c(=O)n(C)c1nnc(CSc3nc(N)c4c5c(sc4n3)CC(C)CC5)n21. The fraction of sp³-hybridized carbons (Fsp3) is 0.348. The Bertz CT molecular complexity index is 1630. The minimum atomic E-state index is -0.0784. The first-order chi connectivity index (χ1) is 15.9. The molecule has 0 radical (unpaired) electrons. The van der Waals surface area contributed by atoms with Gasteiger partial charge in [0.1, 0.15) is 16.5 Å². The fourth-order valence-corrected chi connectivity index (χ4v) is 6.91. The average Bonchev–Trinajstić information content (AvgIpc) is 3.37. The summed E-state index contributed by atoms with van der Waals surface area (Å²) in [5.41, 5.74) is 9.49. The lowest BCUT2D eigenvalue weighted by atomic mass is 9.89. The van der Waals surface area contributed by atoms with E-state index in [0.29, 0.717) is 33.8 Å². The van der Waals surface area contributed by atoms with Crippen LogP contribution in [0.1, 0.15) is 35.2 Å². The lowest BCUT2D eigenvalue weighted by Gasteiger charge is -2.17. The predicted molar refractivity (Wildman–Crippen MR) is 133 cm³/mol. The fourth-order valence-electron chi connectivity index (χ4n) is 4.70. The van der Waals surface area contributed by atoms with Crippen LogP contribution in [0.3, 0.4) is 0 Å². The zero-order valence-electron chi connectivity index (χ0n) is 18.6. The van der Waals surface area contributed by atoms with Gasteiger partial charge in [0, 0.05) is 11.9 Å². The smallest absolute Gasteiger partial charge is 0.262 e. The highest BCUT2D eigenvalue weighted by Gasteiger charge is 2.23. The molecule has 33 heavy (non-hydrogen) atoms. The minimum Gasteiger partial charge on any atom is -0.383 e. The molecule has 0 saturated heterocycles. The molecule has 8 nitrogen and oxygen atoms in total. The molecule has 0 bridgehead atoms. The quantitative estimate of drug-likeness (QED) is 0.310. The van der Waals surface area contributed by atoms with Gasteiger partial charge in [-0.3, -0.25) is 13.8 Å². The largest absolute Gasteiger partial charge is 0.383 e. The van der Waals surface area contributed by atoms with Crippen molar-refractivity contribution in [3.8, 4) is 0 Å². The molecule has 1 aliphatic carbocycles. The number of hydrogen-bond donors (Lipinski definition) is 1. The molecule has 0 fully saturated rings. The van der Waals surface area contributed by atoms with Gasteiger partial charge in [0.2, 0.25) is 5.78 Å². The molecule has 0 spiro atoms. The van der Waals surface area contributed by atoms with Crippen molar-refractivity contribution in [3.63, 3.8) is 0 Å². The summed E-state index contributed by atoms with van der Waals surface area (Å²) in [5, 5.41) is 11.0. The van der Waals surface area contributed by atoms with Crippen LogP contribution >= 0.6 is 23.1 Å². The van der Waals surface area contributed by atoms with Crippen LogP contribution in [0.5, 0.6) is 0 Å². The predicted octanol–water partition coefficient (Wildman–Crippen LogP) is 3.89. The van der Waals surface area contributed by atoms with Crippen molar-refractivity contribution in [1.82, 2.24) is 29.1 Å². The third kappa shape index (κ3) is 3.23. The van der Waals surface area contributed by atoms with E-state index >= 15 is 0 Å². The Morgan fingerprint density at radius 1 is 1.27 bits per heavy atom. The number of benzene rings is 1. The molecule has 168 valence electrons.